The van der Waals surface area contributed by atoms with Crippen molar-refractivity contribution in [2.24, 2.45) is 0 Å². The number of phenolic OH excluding ortho intramolecular Hbond substituents is 2. The number of fused-ring (bicyclic) bond motifs is 2. The predicted octanol–water partition coefficient (Wildman–Crippen LogP) is 7.05. The Kier molecular flexibility index (Phi) is 7.47. The average Bonchev–Trinajstić information content (AvgIpc) is 2.95. The monoisotopic (exact) mass is 574 g/mol. The minimum absolute atomic E-state index is 0.289. The maximum Gasteiger partial charge on any atom is 0.201 e. The van der Waals surface area contributed by atoms with E-state index in [1.807, 2.05) is 0 Å². The molecule has 0 atom stereocenters. The molecule has 10 heteroatoms. The fourth-order valence-electron chi connectivity index (χ4n) is 5.04. The lowest BCUT2D eigenvalue weighted by Gasteiger charge is -2.26. The SMILES string of the molecule is CCOc1cccc(C)c1Nc1c(F)c2c(c(F)c1Nc1c(C)cccc1OCC)C(=O)c1c(O)ccc(O)c1C2=O. The van der Waals surface area contributed by atoms with E-state index in [-0.39, 0.29) is 13.2 Å². The molecule has 42 heavy (non-hydrogen) atoms. The quantitative estimate of drug-likeness (QED) is 0.146. The standard InChI is InChI=1S/C32H28F2N2O6/c1-5-41-19-11-7-9-15(3)27(19)35-29-25(33)23-24(32(40)22-18(38)14-13-17(37)21(22)31(23)39)26(34)30(29)36-28-16(4)10-8-12-20(28)42-6-2/h7-14,35-38H,5-6H2,1-4H3. The molecule has 1 aliphatic rings. The summed E-state index contributed by atoms with van der Waals surface area (Å²) in [4.78, 5) is 27.2. The molecular weight excluding hydrogens is 546 g/mol. The van der Waals surface area contributed by atoms with Crippen molar-refractivity contribution in [1.29, 1.82) is 0 Å². The number of rotatable bonds is 8. The molecule has 0 aromatic heterocycles. The van der Waals surface area contributed by atoms with E-state index in [2.05, 4.69) is 10.6 Å². The van der Waals surface area contributed by atoms with Gasteiger partial charge in [-0.3, -0.25) is 9.59 Å². The Labute approximate surface area is 240 Å². The number of hydrogen-bond acceptors (Lipinski definition) is 8. The number of ether oxygens (including phenoxy) is 2. The molecule has 4 aromatic carbocycles. The highest BCUT2D eigenvalue weighted by molar-refractivity contribution is 6.31. The van der Waals surface area contributed by atoms with Gasteiger partial charge in [-0.2, -0.15) is 0 Å². The minimum atomic E-state index is -1.24. The van der Waals surface area contributed by atoms with Gasteiger partial charge in [0.05, 0.1) is 46.8 Å². The highest BCUT2D eigenvalue weighted by atomic mass is 19.1. The van der Waals surface area contributed by atoms with E-state index in [9.17, 15) is 19.8 Å². The summed E-state index contributed by atoms with van der Waals surface area (Å²) in [5.74, 6) is -5.39. The lowest BCUT2D eigenvalue weighted by atomic mass is 9.81. The third-order valence-electron chi connectivity index (χ3n) is 7.02. The number of aryl methyl sites for hydroxylation is 2. The van der Waals surface area contributed by atoms with Gasteiger partial charge in [-0.15, -0.1) is 0 Å². The molecule has 8 nitrogen and oxygen atoms in total. The van der Waals surface area contributed by atoms with E-state index < -0.39 is 68.3 Å². The number of phenols is 2. The van der Waals surface area contributed by atoms with Crippen molar-refractivity contribution in [2.75, 3.05) is 23.8 Å². The van der Waals surface area contributed by atoms with Crippen LogP contribution in [0.25, 0.3) is 0 Å². The van der Waals surface area contributed by atoms with Gasteiger partial charge < -0.3 is 30.3 Å². The summed E-state index contributed by atoms with van der Waals surface area (Å²) in [5.41, 5.74) is -2.04. The second kappa shape index (κ2) is 11.0. The van der Waals surface area contributed by atoms with Crippen LogP contribution in [0.4, 0.5) is 31.5 Å². The first-order chi connectivity index (χ1) is 20.1. The molecule has 0 spiro atoms. The summed E-state index contributed by atoms with van der Waals surface area (Å²) in [6.07, 6.45) is 0. The first-order valence-corrected chi connectivity index (χ1v) is 13.3. The van der Waals surface area contributed by atoms with Crippen molar-refractivity contribution in [3.05, 3.63) is 93.5 Å². The zero-order valence-corrected chi connectivity index (χ0v) is 23.3. The Morgan fingerprint density at radius 3 is 1.36 bits per heavy atom. The fraction of sp³-hybridized carbons (Fsp3) is 0.188. The van der Waals surface area contributed by atoms with E-state index in [0.717, 1.165) is 12.1 Å². The van der Waals surface area contributed by atoms with Gasteiger partial charge in [0.2, 0.25) is 11.6 Å². The molecule has 5 rings (SSSR count). The number of aromatic hydroxyl groups is 2. The molecule has 4 N–H and O–H groups in total. The topological polar surface area (TPSA) is 117 Å². The molecule has 0 amide bonds. The van der Waals surface area contributed by atoms with Gasteiger partial charge in [-0.05, 0) is 63.1 Å². The van der Waals surface area contributed by atoms with Crippen LogP contribution >= 0.6 is 0 Å². The molecule has 0 saturated heterocycles. The Balaban J connectivity index is 1.82. The maximum atomic E-state index is 16.7. The third-order valence-corrected chi connectivity index (χ3v) is 7.02. The predicted molar refractivity (Wildman–Crippen MR) is 154 cm³/mol. The summed E-state index contributed by atoms with van der Waals surface area (Å²) >= 11 is 0. The number of halogens is 2. The van der Waals surface area contributed by atoms with Crippen molar-refractivity contribution in [3.8, 4) is 23.0 Å². The summed E-state index contributed by atoms with van der Waals surface area (Å²) in [6.45, 7) is 7.61. The highest BCUT2D eigenvalue weighted by Crippen LogP contribution is 2.47. The number of para-hydroxylation sites is 2. The molecule has 0 heterocycles. The average molecular weight is 575 g/mol. The molecule has 4 aromatic rings. The van der Waals surface area contributed by atoms with Gasteiger partial charge in [-0.1, -0.05) is 24.3 Å². The second-order valence-corrected chi connectivity index (χ2v) is 9.65. The van der Waals surface area contributed by atoms with Crippen LogP contribution in [-0.4, -0.2) is 35.0 Å². The summed E-state index contributed by atoms with van der Waals surface area (Å²) in [5, 5.41) is 26.6. The molecule has 216 valence electrons. The van der Waals surface area contributed by atoms with Crippen LogP contribution in [-0.2, 0) is 0 Å². The number of benzene rings is 4. The lowest BCUT2D eigenvalue weighted by Crippen LogP contribution is -2.26. The Morgan fingerprint density at radius 1 is 0.619 bits per heavy atom. The molecule has 0 bridgehead atoms. The van der Waals surface area contributed by atoms with Crippen molar-refractivity contribution < 1.29 is 38.1 Å². The first kappa shape index (κ1) is 28.4. The van der Waals surface area contributed by atoms with E-state index in [0.29, 0.717) is 34.0 Å². The second-order valence-electron chi connectivity index (χ2n) is 9.65. The van der Waals surface area contributed by atoms with Crippen LogP contribution in [0.3, 0.4) is 0 Å². The molecule has 0 unspecified atom stereocenters. The van der Waals surface area contributed by atoms with Crippen molar-refractivity contribution in [1.82, 2.24) is 0 Å². The van der Waals surface area contributed by atoms with Gasteiger partial charge in [0.25, 0.3) is 0 Å². The third kappa shape index (κ3) is 4.54. The first-order valence-electron chi connectivity index (χ1n) is 13.3. The fourth-order valence-corrected chi connectivity index (χ4v) is 5.04. The van der Waals surface area contributed by atoms with Crippen LogP contribution in [0.2, 0.25) is 0 Å². The van der Waals surface area contributed by atoms with Crippen LogP contribution < -0.4 is 20.1 Å². The van der Waals surface area contributed by atoms with Crippen LogP contribution in [0, 0.1) is 25.5 Å². The van der Waals surface area contributed by atoms with Crippen LogP contribution in [0.5, 0.6) is 23.0 Å². The molecule has 0 fully saturated rings. The van der Waals surface area contributed by atoms with Crippen LogP contribution in [0.15, 0.2) is 48.5 Å². The number of hydrogen-bond donors (Lipinski definition) is 4. The summed E-state index contributed by atoms with van der Waals surface area (Å²) in [6, 6.07) is 12.3. The van der Waals surface area contributed by atoms with E-state index in [4.69, 9.17) is 9.47 Å². The zero-order chi connectivity index (χ0) is 30.3. The Hall–Kier alpha value is -5.12. The van der Waals surface area contributed by atoms with E-state index >= 15 is 8.78 Å². The van der Waals surface area contributed by atoms with Crippen LogP contribution in [0.1, 0.15) is 56.8 Å². The highest BCUT2D eigenvalue weighted by Gasteiger charge is 2.41. The lowest BCUT2D eigenvalue weighted by molar-refractivity contribution is 0.0967. The zero-order valence-electron chi connectivity index (χ0n) is 23.3. The summed E-state index contributed by atoms with van der Waals surface area (Å²) < 4.78 is 44.8. The van der Waals surface area contributed by atoms with E-state index in [1.54, 1.807) is 64.1 Å². The molecule has 0 radical (unpaired) electrons. The minimum Gasteiger partial charge on any atom is -0.507 e. The molecule has 1 aliphatic carbocycles. The molecule has 0 aliphatic heterocycles. The maximum absolute atomic E-state index is 16.7. The Morgan fingerprint density at radius 2 is 1.00 bits per heavy atom. The smallest absolute Gasteiger partial charge is 0.201 e. The summed E-state index contributed by atoms with van der Waals surface area (Å²) in [7, 11) is 0. The molecular formula is C32H28F2N2O6. The number of ketones is 2. The number of carbonyl (C=O) groups is 2. The molecule has 0 saturated carbocycles. The van der Waals surface area contributed by atoms with Crippen molar-refractivity contribution >= 4 is 34.3 Å². The van der Waals surface area contributed by atoms with Crippen molar-refractivity contribution in [2.45, 2.75) is 27.7 Å². The van der Waals surface area contributed by atoms with Crippen molar-refractivity contribution in [3.63, 3.8) is 0 Å². The van der Waals surface area contributed by atoms with Gasteiger partial charge in [0, 0.05) is 0 Å². The van der Waals surface area contributed by atoms with Gasteiger partial charge >= 0.3 is 0 Å². The number of carbonyl (C=O) groups excluding carboxylic acids is 2. The number of nitrogens with one attached hydrogen (secondary N) is 2. The number of anilines is 4. The normalized spacial score (nSPS) is 12.0. The van der Waals surface area contributed by atoms with Gasteiger partial charge in [0.15, 0.2) is 11.6 Å². The van der Waals surface area contributed by atoms with Gasteiger partial charge in [0.1, 0.15) is 34.4 Å². The largest absolute Gasteiger partial charge is 0.507 e. The van der Waals surface area contributed by atoms with Gasteiger partial charge in [-0.25, -0.2) is 8.78 Å². The van der Waals surface area contributed by atoms with E-state index in [1.165, 1.54) is 0 Å². The Bertz CT molecular complexity index is 1640.